The smallest absolute Gasteiger partial charge is 0.391 e. The average molecular weight is 296 g/mol. The maximum Gasteiger partial charge on any atom is 2.00 e. The van der Waals surface area contributed by atoms with Crippen molar-refractivity contribution in [3.05, 3.63) is 63.7 Å². The van der Waals surface area contributed by atoms with E-state index in [1.54, 1.807) is 0 Å². The van der Waals surface area contributed by atoms with Gasteiger partial charge >= 0.3 is 17.1 Å². The van der Waals surface area contributed by atoms with Gasteiger partial charge in [-0.25, -0.2) is 0 Å². The summed E-state index contributed by atoms with van der Waals surface area (Å²) in [6.45, 7) is 3.90. The molecule has 0 amide bonds. The maximum absolute atomic E-state index is 9.99. The molecule has 0 aromatic heterocycles. The summed E-state index contributed by atoms with van der Waals surface area (Å²) < 4.78 is 0. The maximum atomic E-state index is 9.99. The predicted octanol–water partition coefficient (Wildman–Crippen LogP) is 2.82. The first-order valence-electron chi connectivity index (χ1n) is 6.18. The zero-order valence-electron chi connectivity index (χ0n) is 11.4. The van der Waals surface area contributed by atoms with Gasteiger partial charge in [0.1, 0.15) is 0 Å². The van der Waals surface area contributed by atoms with Crippen LogP contribution in [0.25, 0.3) is 0 Å². The fourth-order valence-electron chi connectivity index (χ4n) is 1.63. The monoisotopic (exact) mass is 296 g/mol. The van der Waals surface area contributed by atoms with Gasteiger partial charge in [0, 0.05) is 5.92 Å². The van der Waals surface area contributed by atoms with Gasteiger partial charge in [0.15, 0.2) is 0 Å². The molecule has 0 heterocycles. The minimum absolute atomic E-state index is 0. The first-order chi connectivity index (χ1) is 8.64. The Morgan fingerprint density at radius 2 is 1.53 bits per heavy atom. The largest absolute Gasteiger partial charge is 2.00 e. The molecule has 0 aromatic rings. The molecule has 0 aliphatic heterocycles. The van der Waals surface area contributed by atoms with Crippen molar-refractivity contribution < 1.29 is 22.2 Å². The number of aliphatic hydroxyl groups excluding tert-OH is 1. The number of hydrogen-bond acceptors (Lipinski definition) is 1. The Bertz CT molecular complexity index is 253. The van der Waals surface area contributed by atoms with Gasteiger partial charge in [-0.15, -0.1) is 6.42 Å². The van der Waals surface area contributed by atoms with E-state index >= 15 is 0 Å². The average Bonchev–Trinajstić information content (AvgIpc) is 3.10. The topological polar surface area (TPSA) is 20.2 Å². The van der Waals surface area contributed by atoms with Crippen LogP contribution in [0.2, 0.25) is 0 Å². The quantitative estimate of drug-likeness (QED) is 0.627. The van der Waals surface area contributed by atoms with E-state index in [9.17, 15) is 5.11 Å². The Labute approximate surface area is 130 Å². The van der Waals surface area contributed by atoms with Gasteiger partial charge in [-0.1, -0.05) is 12.8 Å². The van der Waals surface area contributed by atoms with Crippen molar-refractivity contribution in [1.82, 2.24) is 0 Å². The molecule has 2 atom stereocenters. The van der Waals surface area contributed by atoms with Crippen molar-refractivity contribution in [1.29, 1.82) is 0 Å². The third-order valence-corrected chi connectivity index (χ3v) is 3.23. The van der Waals surface area contributed by atoms with E-state index in [0.717, 1.165) is 12.3 Å². The molecule has 2 fully saturated rings. The molecule has 2 aliphatic rings. The second-order valence-electron chi connectivity index (χ2n) is 4.50. The molecule has 0 aromatic carbocycles. The van der Waals surface area contributed by atoms with Gasteiger partial charge in [0.25, 0.3) is 0 Å². The summed E-state index contributed by atoms with van der Waals surface area (Å²) in [6, 6.07) is 0. The Hall–Kier alpha value is 0.0395. The van der Waals surface area contributed by atoms with Crippen LogP contribution >= 0.6 is 0 Å². The van der Waals surface area contributed by atoms with Crippen LogP contribution in [0.5, 0.6) is 0 Å². The standard InChI is InChI=1S/C12H15O.C5H5.Fe/c1-4-12(3,5-2)11(13)10-8-6-7-9-10;1-2-4-5-3-1;/h1,6-9,11,13H,5H2,2-3H3;1-5H;/q;;+2. The molecular weight excluding hydrogens is 276 g/mol. The van der Waals surface area contributed by atoms with E-state index in [1.165, 1.54) is 0 Å². The van der Waals surface area contributed by atoms with Crippen molar-refractivity contribution in [2.45, 2.75) is 26.4 Å². The first kappa shape index (κ1) is 19.0. The number of hydrogen-bond donors (Lipinski definition) is 1. The number of terminal acetylenes is 1. The van der Waals surface area contributed by atoms with Gasteiger partial charge in [0.2, 0.25) is 0 Å². The second kappa shape index (κ2) is 9.87. The van der Waals surface area contributed by atoms with Gasteiger partial charge in [-0.05, 0) is 71.1 Å². The van der Waals surface area contributed by atoms with Gasteiger partial charge in [-0.3, -0.25) is 0 Å². The molecule has 19 heavy (non-hydrogen) atoms. The molecule has 2 aliphatic carbocycles. The minimum atomic E-state index is -0.558. The Balaban J connectivity index is 0.000000454. The molecule has 1 nitrogen and oxygen atoms in total. The predicted molar refractivity (Wildman–Crippen MR) is 75.2 cm³/mol. The summed E-state index contributed by atoms with van der Waals surface area (Å²) in [5, 5.41) is 9.99. The molecule has 0 spiro atoms. The van der Waals surface area contributed by atoms with Crippen molar-refractivity contribution in [3.8, 4) is 12.3 Å². The third-order valence-electron chi connectivity index (χ3n) is 3.23. The minimum Gasteiger partial charge on any atom is -0.391 e. The molecule has 0 saturated heterocycles. The Morgan fingerprint density at radius 1 is 1.11 bits per heavy atom. The fraction of sp³-hybridized carbons (Fsp3) is 0.294. The molecule has 2 unspecified atom stereocenters. The van der Waals surface area contributed by atoms with E-state index in [1.807, 2.05) is 71.6 Å². The normalized spacial score (nSPS) is 23.5. The van der Waals surface area contributed by atoms with Crippen LogP contribution in [-0.2, 0) is 17.1 Å². The molecule has 1 N–H and O–H groups in total. The van der Waals surface area contributed by atoms with Crippen molar-refractivity contribution in [2.75, 3.05) is 0 Å². The van der Waals surface area contributed by atoms with E-state index < -0.39 is 11.5 Å². The van der Waals surface area contributed by atoms with Crippen LogP contribution in [0.3, 0.4) is 0 Å². The second-order valence-corrected chi connectivity index (χ2v) is 4.50. The van der Waals surface area contributed by atoms with E-state index in [-0.39, 0.29) is 17.1 Å². The molecule has 10 radical (unpaired) electrons. The zero-order chi connectivity index (χ0) is 13.4. The van der Waals surface area contributed by atoms with Crippen LogP contribution in [0, 0.1) is 81.5 Å². The van der Waals surface area contributed by atoms with Gasteiger partial charge < -0.3 is 5.11 Å². The summed E-state index contributed by atoms with van der Waals surface area (Å²) in [5.74, 6) is 3.57. The van der Waals surface area contributed by atoms with Crippen LogP contribution in [-0.4, -0.2) is 11.2 Å². The number of rotatable bonds is 3. The summed E-state index contributed by atoms with van der Waals surface area (Å²) in [6.07, 6.45) is 23.2. The van der Waals surface area contributed by atoms with Crippen LogP contribution in [0.1, 0.15) is 20.3 Å². The van der Waals surface area contributed by atoms with Crippen molar-refractivity contribution in [2.24, 2.45) is 5.41 Å². The molecule has 2 heteroatoms. The van der Waals surface area contributed by atoms with Crippen molar-refractivity contribution in [3.63, 3.8) is 0 Å². The summed E-state index contributed by atoms with van der Waals surface area (Å²) in [4.78, 5) is 0. The van der Waals surface area contributed by atoms with Crippen LogP contribution < -0.4 is 0 Å². The SMILES string of the molecule is C#CC(C)(CC)C(O)[C]1[CH][CH][CH][CH]1.[CH]1[CH][CH][CH][CH]1.[Fe+2]. The number of aliphatic hydroxyl groups is 1. The molecule has 0 bridgehead atoms. The molecular formula is C17H20FeO+2. The fourth-order valence-corrected chi connectivity index (χ4v) is 1.63. The van der Waals surface area contributed by atoms with Crippen LogP contribution in [0.15, 0.2) is 0 Å². The first-order valence-corrected chi connectivity index (χ1v) is 6.18. The zero-order valence-corrected chi connectivity index (χ0v) is 12.5. The van der Waals surface area contributed by atoms with Gasteiger partial charge in [0.05, 0.1) is 11.5 Å². The molecule has 100 valence electrons. The molecule has 2 saturated carbocycles. The van der Waals surface area contributed by atoms with Crippen molar-refractivity contribution >= 4 is 0 Å². The Kier molecular flexibility index (Phi) is 9.89. The van der Waals surface area contributed by atoms with E-state index in [4.69, 9.17) is 6.42 Å². The summed E-state index contributed by atoms with van der Waals surface area (Å²) >= 11 is 0. The van der Waals surface area contributed by atoms with E-state index in [0.29, 0.717) is 0 Å². The van der Waals surface area contributed by atoms with E-state index in [2.05, 4.69) is 5.92 Å². The third kappa shape index (κ3) is 5.90. The Morgan fingerprint density at radius 3 is 1.84 bits per heavy atom. The van der Waals surface area contributed by atoms with Gasteiger partial charge in [-0.2, -0.15) is 0 Å². The summed E-state index contributed by atoms with van der Waals surface area (Å²) in [5.41, 5.74) is -0.450. The molecule has 2 rings (SSSR count). The summed E-state index contributed by atoms with van der Waals surface area (Å²) in [7, 11) is 0. The van der Waals surface area contributed by atoms with Crippen LogP contribution in [0.4, 0.5) is 0 Å².